The first kappa shape index (κ1) is 10.6. The maximum absolute atomic E-state index is 12.4. The topological polar surface area (TPSA) is 82.0 Å². The van der Waals surface area contributed by atoms with Crippen molar-refractivity contribution in [3.8, 4) is 0 Å². The summed E-state index contributed by atoms with van der Waals surface area (Å²) in [5.41, 5.74) is 2.86. The molecule has 0 unspecified atom stereocenters. The SMILES string of the molecule is Nc1c(Cl)ncc([N+](=O)[O-])c1C(F)F. The van der Waals surface area contributed by atoms with Gasteiger partial charge in [0.1, 0.15) is 11.8 Å². The van der Waals surface area contributed by atoms with Gasteiger partial charge in [-0.25, -0.2) is 13.8 Å². The van der Waals surface area contributed by atoms with Gasteiger partial charge in [-0.05, 0) is 0 Å². The summed E-state index contributed by atoms with van der Waals surface area (Å²) in [6, 6.07) is 0. The first-order valence-electron chi connectivity index (χ1n) is 3.31. The van der Waals surface area contributed by atoms with Gasteiger partial charge in [0.25, 0.3) is 12.1 Å². The molecule has 76 valence electrons. The van der Waals surface area contributed by atoms with Gasteiger partial charge < -0.3 is 5.73 Å². The van der Waals surface area contributed by atoms with Crippen molar-refractivity contribution in [2.45, 2.75) is 6.43 Å². The van der Waals surface area contributed by atoms with Crippen LogP contribution < -0.4 is 5.73 Å². The predicted octanol–water partition coefficient (Wildman–Crippen LogP) is 2.16. The Hall–Kier alpha value is -1.50. The number of pyridine rings is 1. The third-order valence-corrected chi connectivity index (χ3v) is 1.80. The van der Waals surface area contributed by atoms with Gasteiger partial charge in [-0.3, -0.25) is 10.1 Å². The van der Waals surface area contributed by atoms with Crippen molar-refractivity contribution in [2.75, 3.05) is 5.73 Å². The number of anilines is 1. The molecule has 5 nitrogen and oxygen atoms in total. The van der Waals surface area contributed by atoms with Crippen LogP contribution in [-0.4, -0.2) is 9.91 Å². The average Bonchev–Trinajstić information content (AvgIpc) is 2.08. The third kappa shape index (κ3) is 1.72. The highest BCUT2D eigenvalue weighted by atomic mass is 35.5. The van der Waals surface area contributed by atoms with Crippen LogP contribution >= 0.6 is 11.6 Å². The summed E-state index contributed by atoms with van der Waals surface area (Å²) in [7, 11) is 0. The second-order valence-corrected chi connectivity index (χ2v) is 2.68. The average molecular weight is 224 g/mol. The molecule has 0 fully saturated rings. The number of nitrogens with zero attached hydrogens (tertiary/aromatic N) is 2. The zero-order valence-corrected chi connectivity index (χ0v) is 7.33. The van der Waals surface area contributed by atoms with E-state index < -0.39 is 28.3 Å². The fourth-order valence-corrected chi connectivity index (χ4v) is 1.03. The maximum atomic E-state index is 12.4. The summed E-state index contributed by atoms with van der Waals surface area (Å²) in [6.45, 7) is 0. The summed E-state index contributed by atoms with van der Waals surface area (Å²) in [5.74, 6) is 0. The Morgan fingerprint density at radius 1 is 1.64 bits per heavy atom. The fourth-order valence-electron chi connectivity index (χ4n) is 0.881. The smallest absolute Gasteiger partial charge is 0.298 e. The Bertz CT molecular complexity index is 386. The molecule has 0 radical (unpaired) electrons. The quantitative estimate of drug-likeness (QED) is 0.473. The Kier molecular flexibility index (Phi) is 2.80. The van der Waals surface area contributed by atoms with Crippen molar-refractivity contribution >= 4 is 23.0 Å². The molecule has 1 rings (SSSR count). The van der Waals surface area contributed by atoms with Crippen LogP contribution in [0.3, 0.4) is 0 Å². The van der Waals surface area contributed by atoms with Crippen LogP contribution in [0.4, 0.5) is 20.2 Å². The van der Waals surface area contributed by atoms with E-state index in [0.717, 1.165) is 0 Å². The molecule has 0 saturated carbocycles. The second-order valence-electron chi connectivity index (χ2n) is 2.32. The van der Waals surface area contributed by atoms with Crippen LogP contribution in [0.5, 0.6) is 0 Å². The third-order valence-electron chi connectivity index (χ3n) is 1.50. The van der Waals surface area contributed by atoms with E-state index in [-0.39, 0.29) is 5.15 Å². The Labute approximate surface area is 81.6 Å². The molecule has 0 aliphatic rings. The van der Waals surface area contributed by atoms with Gasteiger partial charge in [0.15, 0.2) is 5.15 Å². The predicted molar refractivity (Wildman–Crippen MR) is 45.3 cm³/mol. The molecule has 1 aromatic heterocycles. The number of hydrogen-bond donors (Lipinski definition) is 1. The van der Waals surface area contributed by atoms with E-state index in [0.29, 0.717) is 6.20 Å². The molecule has 8 heteroatoms. The fraction of sp³-hybridized carbons (Fsp3) is 0.167. The molecule has 0 bridgehead atoms. The molecule has 1 heterocycles. The van der Waals surface area contributed by atoms with Crippen molar-refractivity contribution < 1.29 is 13.7 Å². The molecular formula is C6H4ClF2N3O2. The van der Waals surface area contributed by atoms with Gasteiger partial charge in [0, 0.05) is 0 Å². The lowest BCUT2D eigenvalue weighted by molar-refractivity contribution is -0.386. The molecule has 0 spiro atoms. The van der Waals surface area contributed by atoms with Crippen LogP contribution in [0, 0.1) is 10.1 Å². The molecule has 0 aromatic carbocycles. The highest BCUT2D eigenvalue weighted by Gasteiger charge is 2.26. The maximum Gasteiger partial charge on any atom is 0.298 e. The van der Waals surface area contributed by atoms with Crippen LogP contribution in [0.2, 0.25) is 5.15 Å². The van der Waals surface area contributed by atoms with Gasteiger partial charge in [0.05, 0.1) is 10.6 Å². The van der Waals surface area contributed by atoms with Crippen LogP contribution in [0.1, 0.15) is 12.0 Å². The van der Waals surface area contributed by atoms with Gasteiger partial charge >= 0.3 is 0 Å². The lowest BCUT2D eigenvalue weighted by atomic mass is 10.2. The van der Waals surface area contributed by atoms with E-state index in [4.69, 9.17) is 17.3 Å². The first-order chi connectivity index (χ1) is 6.45. The molecule has 0 atom stereocenters. The number of nitrogen functional groups attached to an aromatic ring is 1. The highest BCUT2D eigenvalue weighted by Crippen LogP contribution is 2.36. The monoisotopic (exact) mass is 223 g/mol. The lowest BCUT2D eigenvalue weighted by Crippen LogP contribution is -2.03. The summed E-state index contributed by atoms with van der Waals surface area (Å²) < 4.78 is 24.7. The van der Waals surface area contributed by atoms with Crippen molar-refractivity contribution in [1.29, 1.82) is 0 Å². The van der Waals surface area contributed by atoms with E-state index in [1.807, 2.05) is 0 Å². The first-order valence-corrected chi connectivity index (χ1v) is 3.69. The molecule has 0 saturated heterocycles. The van der Waals surface area contributed by atoms with Gasteiger partial charge in [0.2, 0.25) is 0 Å². The molecular weight excluding hydrogens is 220 g/mol. The van der Waals surface area contributed by atoms with Crippen LogP contribution in [-0.2, 0) is 0 Å². The van der Waals surface area contributed by atoms with Gasteiger partial charge in [-0.1, -0.05) is 11.6 Å². The van der Waals surface area contributed by atoms with Gasteiger partial charge in [-0.2, -0.15) is 0 Å². The Morgan fingerprint density at radius 3 is 2.64 bits per heavy atom. The number of rotatable bonds is 2. The largest absolute Gasteiger partial charge is 0.396 e. The summed E-state index contributed by atoms with van der Waals surface area (Å²) in [5, 5.41) is 9.95. The summed E-state index contributed by atoms with van der Waals surface area (Å²) in [4.78, 5) is 12.6. The lowest BCUT2D eigenvalue weighted by Gasteiger charge is -2.05. The van der Waals surface area contributed by atoms with E-state index >= 15 is 0 Å². The van der Waals surface area contributed by atoms with Crippen LogP contribution in [0.25, 0.3) is 0 Å². The van der Waals surface area contributed by atoms with E-state index in [1.54, 1.807) is 0 Å². The number of hydrogen-bond acceptors (Lipinski definition) is 4. The number of nitrogens with two attached hydrogens (primary N) is 1. The number of aromatic nitrogens is 1. The van der Waals surface area contributed by atoms with Crippen molar-refractivity contribution in [2.24, 2.45) is 0 Å². The summed E-state index contributed by atoms with van der Waals surface area (Å²) >= 11 is 5.34. The van der Waals surface area contributed by atoms with E-state index in [1.165, 1.54) is 0 Å². The minimum Gasteiger partial charge on any atom is -0.396 e. The number of alkyl halides is 2. The molecule has 1 aromatic rings. The molecule has 14 heavy (non-hydrogen) atoms. The molecule has 2 N–H and O–H groups in total. The Balaban J connectivity index is 3.45. The molecule has 0 amide bonds. The zero-order valence-electron chi connectivity index (χ0n) is 6.58. The normalized spacial score (nSPS) is 10.6. The van der Waals surface area contributed by atoms with E-state index in [2.05, 4.69) is 4.98 Å². The van der Waals surface area contributed by atoms with Crippen molar-refractivity contribution in [1.82, 2.24) is 4.98 Å². The Morgan fingerprint density at radius 2 is 2.21 bits per heavy atom. The van der Waals surface area contributed by atoms with Crippen LogP contribution in [0.15, 0.2) is 6.20 Å². The molecule has 0 aliphatic carbocycles. The number of halogens is 3. The van der Waals surface area contributed by atoms with Gasteiger partial charge in [-0.15, -0.1) is 0 Å². The minimum absolute atomic E-state index is 0.370. The van der Waals surface area contributed by atoms with Crippen molar-refractivity contribution in [3.63, 3.8) is 0 Å². The second kappa shape index (κ2) is 3.70. The summed E-state index contributed by atoms with van der Waals surface area (Å²) in [6.07, 6.45) is -2.41. The van der Waals surface area contributed by atoms with Crippen molar-refractivity contribution in [3.05, 3.63) is 27.0 Å². The highest BCUT2D eigenvalue weighted by molar-refractivity contribution is 6.32. The zero-order chi connectivity index (χ0) is 10.9. The molecule has 0 aliphatic heterocycles. The minimum atomic E-state index is -3.06. The van der Waals surface area contributed by atoms with E-state index in [9.17, 15) is 18.9 Å². The standard InChI is InChI=1S/C6H4ClF2N3O2/c7-5-4(10)3(6(8)9)2(1-11-5)12(13)14/h1,6H,10H2. The number of nitro groups is 1.